The van der Waals surface area contributed by atoms with Gasteiger partial charge in [-0.05, 0) is 19.8 Å². The van der Waals surface area contributed by atoms with Crippen molar-refractivity contribution in [3.8, 4) is 0 Å². The number of nitrogens with zero attached hydrogens (tertiary/aromatic N) is 1. The average molecular weight is 304 g/mol. The van der Waals surface area contributed by atoms with Crippen LogP contribution in [0.5, 0.6) is 0 Å². The molecule has 1 N–H and O–H groups in total. The number of amides is 1. The van der Waals surface area contributed by atoms with Crippen molar-refractivity contribution in [2.45, 2.75) is 51.1 Å². The molecule has 0 spiro atoms. The summed E-state index contributed by atoms with van der Waals surface area (Å²) in [5.41, 5.74) is 0.290. The topological polar surface area (TPSA) is 66.8 Å². The van der Waals surface area contributed by atoms with Crippen molar-refractivity contribution >= 4 is 23.7 Å². The van der Waals surface area contributed by atoms with Crippen molar-refractivity contribution in [3.05, 3.63) is 12.2 Å². The number of hydrogen-bond donors (Lipinski definition) is 1. The Hall–Kier alpha value is -1.23. The normalized spacial score (nSPS) is 17.3. The van der Waals surface area contributed by atoms with Crippen LogP contribution in [0.3, 0.4) is 0 Å². The highest BCUT2D eigenvalue weighted by Crippen LogP contribution is 2.25. The number of alkyl halides is 1. The van der Waals surface area contributed by atoms with Crippen LogP contribution in [0.2, 0.25) is 0 Å². The van der Waals surface area contributed by atoms with E-state index in [2.05, 4.69) is 6.58 Å². The maximum absolute atomic E-state index is 11.5. The zero-order valence-electron chi connectivity index (χ0n) is 11.8. The van der Waals surface area contributed by atoms with E-state index in [0.29, 0.717) is 0 Å². The van der Waals surface area contributed by atoms with Crippen molar-refractivity contribution in [2.24, 2.45) is 0 Å². The summed E-state index contributed by atoms with van der Waals surface area (Å²) in [4.78, 5) is 24.2. The Labute approximate surface area is 124 Å². The summed E-state index contributed by atoms with van der Waals surface area (Å²) in [6.07, 6.45) is 3.86. The van der Waals surface area contributed by atoms with Gasteiger partial charge in [0, 0.05) is 17.5 Å². The predicted molar refractivity (Wildman–Crippen MR) is 77.0 cm³/mol. The van der Waals surface area contributed by atoms with Gasteiger partial charge >= 0.3 is 12.1 Å². The number of hydrogen-bond acceptors (Lipinski definition) is 3. The van der Waals surface area contributed by atoms with E-state index in [1.54, 1.807) is 6.92 Å². The Morgan fingerprint density at radius 2 is 2.00 bits per heavy atom. The molecule has 1 atom stereocenters. The highest BCUT2D eigenvalue weighted by molar-refractivity contribution is 6.18. The number of carboxylic acid groups (broad SMARTS) is 1. The van der Waals surface area contributed by atoms with Gasteiger partial charge < -0.3 is 9.84 Å². The van der Waals surface area contributed by atoms with Crippen LogP contribution < -0.4 is 0 Å². The Kier molecular flexibility index (Phi) is 6.85. The summed E-state index contributed by atoms with van der Waals surface area (Å²) < 4.78 is 5.05. The molecule has 1 amide bonds. The molecule has 1 unspecified atom stereocenters. The Morgan fingerprint density at radius 1 is 1.40 bits per heavy atom. The summed E-state index contributed by atoms with van der Waals surface area (Å²) in [6, 6.07) is -0.547. The molecular formula is C14H22ClNO4. The molecule has 0 saturated heterocycles. The summed E-state index contributed by atoms with van der Waals surface area (Å²) in [5, 5.41) is 9.41. The van der Waals surface area contributed by atoms with E-state index in [1.807, 2.05) is 0 Å². The second-order valence-corrected chi connectivity index (χ2v) is 5.48. The van der Waals surface area contributed by atoms with Gasteiger partial charge in [-0.15, -0.1) is 11.6 Å². The molecule has 1 fully saturated rings. The molecule has 1 aliphatic carbocycles. The van der Waals surface area contributed by atoms with Crippen molar-refractivity contribution in [1.82, 2.24) is 4.90 Å². The molecular weight excluding hydrogens is 282 g/mol. The van der Waals surface area contributed by atoms with Crippen LogP contribution in [0, 0.1) is 0 Å². The highest BCUT2D eigenvalue weighted by Gasteiger charge is 2.32. The fourth-order valence-corrected chi connectivity index (χ4v) is 2.70. The Bertz CT molecular complexity index is 366. The van der Waals surface area contributed by atoms with Gasteiger partial charge in [0.1, 0.15) is 6.61 Å². The molecule has 0 bridgehead atoms. The number of ether oxygens (including phenoxy) is 1. The summed E-state index contributed by atoms with van der Waals surface area (Å²) >= 11 is 5.87. The minimum atomic E-state index is -1.01. The van der Waals surface area contributed by atoms with Crippen LogP contribution in [0.15, 0.2) is 12.2 Å². The fraction of sp³-hybridized carbons (Fsp3) is 0.714. The number of halogens is 1. The van der Waals surface area contributed by atoms with Gasteiger partial charge in [-0.25, -0.2) is 9.59 Å². The van der Waals surface area contributed by atoms with E-state index >= 15 is 0 Å². The van der Waals surface area contributed by atoms with Gasteiger partial charge in [-0.2, -0.15) is 0 Å². The van der Waals surface area contributed by atoms with Crippen molar-refractivity contribution in [1.29, 1.82) is 0 Å². The molecule has 0 aromatic carbocycles. The van der Waals surface area contributed by atoms with Gasteiger partial charge in [-0.1, -0.05) is 25.8 Å². The number of esters is 1. The molecule has 20 heavy (non-hydrogen) atoms. The third-order valence-electron chi connectivity index (χ3n) is 3.52. The second kappa shape index (κ2) is 8.15. The fourth-order valence-electron chi connectivity index (χ4n) is 2.46. The standard InChI is InChI=1S/C14H22ClNO4/c1-10(2)13(17)20-9-12(8-15)16(14(18)19)11-6-4-3-5-7-11/h11-12H,1,3-9H2,2H3,(H,18,19). The maximum Gasteiger partial charge on any atom is 0.407 e. The van der Waals surface area contributed by atoms with E-state index in [1.165, 1.54) is 4.90 Å². The largest absolute Gasteiger partial charge is 0.465 e. The van der Waals surface area contributed by atoms with Gasteiger partial charge in [0.25, 0.3) is 0 Å². The van der Waals surface area contributed by atoms with E-state index in [0.717, 1.165) is 32.1 Å². The van der Waals surface area contributed by atoms with E-state index in [-0.39, 0.29) is 24.1 Å². The molecule has 0 aromatic rings. The van der Waals surface area contributed by atoms with Crippen LogP contribution >= 0.6 is 11.6 Å². The zero-order valence-corrected chi connectivity index (χ0v) is 12.6. The number of rotatable bonds is 6. The molecule has 1 aliphatic rings. The van der Waals surface area contributed by atoms with Crippen LogP contribution in [0.4, 0.5) is 4.79 Å². The smallest absolute Gasteiger partial charge is 0.407 e. The van der Waals surface area contributed by atoms with Crippen molar-refractivity contribution in [2.75, 3.05) is 12.5 Å². The first-order valence-electron chi connectivity index (χ1n) is 6.87. The molecule has 114 valence electrons. The molecule has 5 nitrogen and oxygen atoms in total. The van der Waals surface area contributed by atoms with Crippen LogP contribution in [0.25, 0.3) is 0 Å². The van der Waals surface area contributed by atoms with Crippen molar-refractivity contribution in [3.63, 3.8) is 0 Å². The molecule has 0 aromatic heterocycles. The average Bonchev–Trinajstić information content (AvgIpc) is 2.43. The highest BCUT2D eigenvalue weighted by atomic mass is 35.5. The molecule has 1 saturated carbocycles. The third kappa shape index (κ3) is 4.71. The van der Waals surface area contributed by atoms with E-state index in [4.69, 9.17) is 16.3 Å². The van der Waals surface area contributed by atoms with Gasteiger partial charge in [0.15, 0.2) is 0 Å². The minimum Gasteiger partial charge on any atom is -0.465 e. The van der Waals surface area contributed by atoms with Crippen LogP contribution in [-0.2, 0) is 9.53 Å². The molecule has 0 aliphatic heterocycles. The number of carbonyl (C=O) groups is 2. The quantitative estimate of drug-likeness (QED) is 0.465. The Morgan fingerprint density at radius 3 is 2.45 bits per heavy atom. The monoisotopic (exact) mass is 303 g/mol. The van der Waals surface area contributed by atoms with Crippen molar-refractivity contribution < 1.29 is 19.4 Å². The molecule has 0 radical (unpaired) electrons. The van der Waals surface area contributed by atoms with Gasteiger partial charge in [0.2, 0.25) is 0 Å². The summed E-state index contributed by atoms with van der Waals surface area (Å²) in [5.74, 6) is -0.416. The lowest BCUT2D eigenvalue weighted by Gasteiger charge is -2.37. The van der Waals surface area contributed by atoms with Gasteiger partial charge in [0.05, 0.1) is 6.04 Å². The van der Waals surface area contributed by atoms with Crippen LogP contribution in [-0.4, -0.2) is 46.6 Å². The lowest BCUT2D eigenvalue weighted by molar-refractivity contribution is -0.140. The number of carbonyl (C=O) groups excluding carboxylic acids is 1. The first-order valence-corrected chi connectivity index (χ1v) is 7.40. The summed E-state index contributed by atoms with van der Waals surface area (Å²) in [7, 11) is 0. The lowest BCUT2D eigenvalue weighted by atomic mass is 9.93. The van der Waals surface area contributed by atoms with E-state index < -0.39 is 18.1 Å². The molecule has 1 rings (SSSR count). The summed E-state index contributed by atoms with van der Waals surface area (Å²) in [6.45, 7) is 5.01. The molecule has 6 heteroatoms. The van der Waals surface area contributed by atoms with Crippen LogP contribution in [0.1, 0.15) is 39.0 Å². The SMILES string of the molecule is C=C(C)C(=O)OCC(CCl)N(C(=O)O)C1CCCCC1. The van der Waals surface area contributed by atoms with E-state index in [9.17, 15) is 14.7 Å². The first kappa shape index (κ1) is 16.8. The maximum atomic E-state index is 11.5. The molecule has 0 heterocycles. The minimum absolute atomic E-state index is 0.0298. The lowest BCUT2D eigenvalue weighted by Crippen LogP contribution is -2.50. The van der Waals surface area contributed by atoms with Gasteiger partial charge in [-0.3, -0.25) is 4.90 Å². The second-order valence-electron chi connectivity index (χ2n) is 5.17. The Balaban J connectivity index is 2.68. The first-order chi connectivity index (χ1) is 9.47. The third-order valence-corrected chi connectivity index (χ3v) is 3.87. The predicted octanol–water partition coefficient (Wildman–Crippen LogP) is 3.03. The zero-order chi connectivity index (χ0) is 15.1.